The zero-order valence-electron chi connectivity index (χ0n) is 11.1. The molecule has 0 spiro atoms. The van der Waals surface area contributed by atoms with Crippen LogP contribution in [0.5, 0.6) is 0 Å². The van der Waals surface area contributed by atoms with E-state index < -0.39 is 23.4 Å². The van der Waals surface area contributed by atoms with Crippen LogP contribution in [0.4, 0.5) is 20.6 Å². The van der Waals surface area contributed by atoms with Gasteiger partial charge in [-0.3, -0.25) is 4.98 Å². The lowest BCUT2D eigenvalue weighted by Crippen LogP contribution is -2.19. The molecule has 2 aromatic rings. The molecule has 0 aliphatic carbocycles. The van der Waals surface area contributed by atoms with Crippen molar-refractivity contribution in [3.05, 3.63) is 53.6 Å². The normalized spacial score (nSPS) is 10.0. The van der Waals surface area contributed by atoms with Gasteiger partial charge < -0.3 is 15.7 Å². The van der Waals surface area contributed by atoms with E-state index in [1.54, 1.807) is 12.1 Å². The van der Waals surface area contributed by atoms with Gasteiger partial charge >= 0.3 is 12.0 Å². The van der Waals surface area contributed by atoms with E-state index in [4.69, 9.17) is 5.11 Å². The lowest BCUT2D eigenvalue weighted by atomic mass is 10.2. The molecular formula is C14H12FN3O3. The number of carbonyl (C=O) groups excluding carboxylic acids is 1. The topological polar surface area (TPSA) is 91.3 Å². The Morgan fingerprint density at radius 2 is 1.81 bits per heavy atom. The molecule has 0 unspecified atom stereocenters. The second-order valence-electron chi connectivity index (χ2n) is 4.27. The molecule has 7 heteroatoms. The van der Waals surface area contributed by atoms with Gasteiger partial charge in [0.15, 0.2) is 0 Å². The summed E-state index contributed by atoms with van der Waals surface area (Å²) in [7, 11) is 0. The smallest absolute Gasteiger partial charge is 0.338 e. The highest BCUT2D eigenvalue weighted by Gasteiger charge is 2.12. The van der Waals surface area contributed by atoms with Gasteiger partial charge in [0.25, 0.3) is 0 Å². The first-order chi connectivity index (χ1) is 9.95. The molecule has 2 rings (SSSR count). The SMILES string of the molecule is Cc1ccc(NC(=O)Nc2ccc(F)c(C(=O)O)c2)cn1. The summed E-state index contributed by atoms with van der Waals surface area (Å²) < 4.78 is 13.2. The molecule has 0 saturated heterocycles. The number of aryl methyl sites for hydroxylation is 1. The number of halogens is 1. The first kappa shape index (κ1) is 14.4. The highest BCUT2D eigenvalue weighted by Crippen LogP contribution is 2.15. The molecule has 1 heterocycles. The number of aromatic carboxylic acids is 1. The predicted molar refractivity (Wildman–Crippen MR) is 75.0 cm³/mol. The average molecular weight is 289 g/mol. The van der Waals surface area contributed by atoms with Crippen LogP contribution in [0.15, 0.2) is 36.5 Å². The minimum absolute atomic E-state index is 0.173. The molecule has 21 heavy (non-hydrogen) atoms. The molecule has 0 bridgehead atoms. The number of carboxylic acid groups (broad SMARTS) is 1. The van der Waals surface area contributed by atoms with E-state index >= 15 is 0 Å². The van der Waals surface area contributed by atoms with Gasteiger partial charge in [0, 0.05) is 11.4 Å². The second-order valence-corrected chi connectivity index (χ2v) is 4.27. The Balaban J connectivity index is 2.07. The largest absolute Gasteiger partial charge is 0.478 e. The van der Waals surface area contributed by atoms with Crippen molar-refractivity contribution >= 4 is 23.4 Å². The quantitative estimate of drug-likeness (QED) is 0.810. The van der Waals surface area contributed by atoms with Crippen molar-refractivity contribution in [3.63, 3.8) is 0 Å². The van der Waals surface area contributed by atoms with Crippen molar-refractivity contribution in [2.24, 2.45) is 0 Å². The number of rotatable bonds is 3. The number of pyridine rings is 1. The van der Waals surface area contributed by atoms with E-state index in [9.17, 15) is 14.0 Å². The molecule has 0 aliphatic rings. The summed E-state index contributed by atoms with van der Waals surface area (Å²) in [6.45, 7) is 1.82. The van der Waals surface area contributed by atoms with Gasteiger partial charge in [-0.1, -0.05) is 0 Å². The molecule has 0 saturated carbocycles. The number of hydrogen-bond acceptors (Lipinski definition) is 3. The predicted octanol–water partition coefficient (Wildman–Crippen LogP) is 2.87. The molecule has 1 aromatic carbocycles. The van der Waals surface area contributed by atoms with Crippen LogP contribution < -0.4 is 10.6 Å². The molecule has 0 fully saturated rings. The van der Waals surface area contributed by atoms with Crippen LogP contribution in [-0.4, -0.2) is 22.1 Å². The number of carboxylic acids is 1. The Kier molecular flexibility index (Phi) is 4.13. The second kappa shape index (κ2) is 6.00. The van der Waals surface area contributed by atoms with E-state index in [1.807, 2.05) is 6.92 Å². The zero-order valence-corrected chi connectivity index (χ0v) is 11.1. The molecule has 2 amide bonds. The zero-order chi connectivity index (χ0) is 15.4. The fourth-order valence-corrected chi connectivity index (χ4v) is 1.60. The van der Waals surface area contributed by atoms with Crippen LogP contribution >= 0.6 is 0 Å². The standard InChI is InChI=1S/C14H12FN3O3/c1-8-2-3-10(7-16-8)18-14(21)17-9-4-5-12(15)11(6-9)13(19)20/h2-7H,1H3,(H,19,20)(H2,17,18,21). The van der Waals surface area contributed by atoms with Crippen molar-refractivity contribution in [3.8, 4) is 0 Å². The number of nitrogens with zero attached hydrogens (tertiary/aromatic N) is 1. The van der Waals surface area contributed by atoms with Gasteiger partial charge in [0.2, 0.25) is 0 Å². The van der Waals surface area contributed by atoms with Gasteiger partial charge in [0.1, 0.15) is 5.82 Å². The summed E-state index contributed by atoms with van der Waals surface area (Å²) in [6, 6.07) is 6.13. The van der Waals surface area contributed by atoms with Crippen LogP contribution in [0.1, 0.15) is 16.1 Å². The minimum Gasteiger partial charge on any atom is -0.478 e. The lowest BCUT2D eigenvalue weighted by Gasteiger charge is -2.08. The van der Waals surface area contributed by atoms with E-state index in [1.165, 1.54) is 12.3 Å². The number of amides is 2. The van der Waals surface area contributed by atoms with E-state index in [0.29, 0.717) is 5.69 Å². The van der Waals surface area contributed by atoms with Crippen LogP contribution in [-0.2, 0) is 0 Å². The summed E-state index contributed by atoms with van der Waals surface area (Å²) in [5, 5.41) is 13.8. The molecule has 3 N–H and O–H groups in total. The molecule has 0 aliphatic heterocycles. The Labute approximate surface area is 119 Å². The molecule has 1 aromatic heterocycles. The van der Waals surface area contributed by atoms with Gasteiger partial charge in [-0.05, 0) is 37.3 Å². The van der Waals surface area contributed by atoms with Crippen LogP contribution in [0, 0.1) is 12.7 Å². The Bertz CT molecular complexity index is 686. The summed E-state index contributed by atoms with van der Waals surface area (Å²) in [4.78, 5) is 26.6. The Morgan fingerprint density at radius 1 is 1.14 bits per heavy atom. The number of hydrogen-bond donors (Lipinski definition) is 3. The van der Waals surface area contributed by atoms with Gasteiger partial charge in [-0.25, -0.2) is 14.0 Å². The van der Waals surface area contributed by atoms with Gasteiger partial charge in [-0.15, -0.1) is 0 Å². The highest BCUT2D eigenvalue weighted by molar-refractivity contribution is 6.00. The lowest BCUT2D eigenvalue weighted by molar-refractivity contribution is 0.0692. The van der Waals surface area contributed by atoms with Gasteiger partial charge in [-0.2, -0.15) is 0 Å². The average Bonchev–Trinajstić information content (AvgIpc) is 2.43. The van der Waals surface area contributed by atoms with Crippen LogP contribution in [0.3, 0.4) is 0 Å². The monoisotopic (exact) mass is 289 g/mol. The van der Waals surface area contributed by atoms with Crippen LogP contribution in [0.2, 0.25) is 0 Å². The fraction of sp³-hybridized carbons (Fsp3) is 0.0714. The maximum atomic E-state index is 13.2. The Morgan fingerprint density at radius 3 is 2.43 bits per heavy atom. The van der Waals surface area contributed by atoms with Crippen molar-refractivity contribution in [2.75, 3.05) is 10.6 Å². The van der Waals surface area contributed by atoms with E-state index in [0.717, 1.165) is 17.8 Å². The molecule has 108 valence electrons. The molecule has 0 atom stereocenters. The third kappa shape index (κ3) is 3.75. The molecule has 0 radical (unpaired) electrons. The number of nitrogens with one attached hydrogen (secondary N) is 2. The molecular weight excluding hydrogens is 277 g/mol. The summed E-state index contributed by atoms with van der Waals surface area (Å²) in [5.41, 5.74) is 0.959. The van der Waals surface area contributed by atoms with Crippen molar-refractivity contribution in [1.29, 1.82) is 0 Å². The first-order valence-corrected chi connectivity index (χ1v) is 5.99. The summed E-state index contributed by atoms with van der Waals surface area (Å²) in [6.07, 6.45) is 1.49. The number of urea groups is 1. The highest BCUT2D eigenvalue weighted by atomic mass is 19.1. The summed E-state index contributed by atoms with van der Waals surface area (Å²) >= 11 is 0. The van der Waals surface area contributed by atoms with E-state index in [2.05, 4.69) is 15.6 Å². The summed E-state index contributed by atoms with van der Waals surface area (Å²) in [5.74, 6) is -2.27. The number of aromatic nitrogens is 1. The van der Waals surface area contributed by atoms with Crippen molar-refractivity contribution in [2.45, 2.75) is 6.92 Å². The maximum absolute atomic E-state index is 13.2. The maximum Gasteiger partial charge on any atom is 0.338 e. The van der Waals surface area contributed by atoms with Crippen molar-refractivity contribution < 1.29 is 19.1 Å². The van der Waals surface area contributed by atoms with Gasteiger partial charge in [0.05, 0.1) is 17.4 Å². The van der Waals surface area contributed by atoms with Crippen LogP contribution in [0.25, 0.3) is 0 Å². The minimum atomic E-state index is -1.40. The Hall–Kier alpha value is -2.96. The number of anilines is 2. The number of benzene rings is 1. The fourth-order valence-electron chi connectivity index (χ4n) is 1.60. The first-order valence-electron chi connectivity index (χ1n) is 5.99. The third-order valence-electron chi connectivity index (χ3n) is 2.62. The third-order valence-corrected chi connectivity index (χ3v) is 2.62. The molecule has 6 nitrogen and oxygen atoms in total. The van der Waals surface area contributed by atoms with E-state index in [-0.39, 0.29) is 5.69 Å². The number of carbonyl (C=O) groups is 2. The van der Waals surface area contributed by atoms with Crippen molar-refractivity contribution in [1.82, 2.24) is 4.98 Å².